The molecule has 1 rings (SSSR count). The van der Waals surface area contributed by atoms with E-state index in [0.29, 0.717) is 25.3 Å². The van der Waals surface area contributed by atoms with Crippen molar-refractivity contribution in [1.29, 1.82) is 0 Å². The van der Waals surface area contributed by atoms with Crippen molar-refractivity contribution in [1.82, 2.24) is 15.1 Å². The fourth-order valence-corrected chi connectivity index (χ4v) is 2.35. The van der Waals surface area contributed by atoms with Crippen molar-refractivity contribution < 1.29 is 14.3 Å². The third-order valence-electron chi connectivity index (χ3n) is 3.55. The van der Waals surface area contributed by atoms with Gasteiger partial charge >= 0.3 is 5.97 Å². The van der Waals surface area contributed by atoms with Gasteiger partial charge < -0.3 is 10.1 Å². The molecule has 0 bridgehead atoms. The van der Waals surface area contributed by atoms with Gasteiger partial charge in [-0.2, -0.15) is 5.10 Å². The van der Waals surface area contributed by atoms with Crippen LogP contribution in [0.4, 0.5) is 0 Å². The van der Waals surface area contributed by atoms with Crippen LogP contribution in [0.3, 0.4) is 0 Å². The van der Waals surface area contributed by atoms with E-state index >= 15 is 0 Å². The zero-order chi connectivity index (χ0) is 16.7. The number of aromatic nitrogens is 2. The Kier molecular flexibility index (Phi) is 7.08. The molecule has 1 aromatic rings. The Morgan fingerprint density at radius 1 is 1.27 bits per heavy atom. The predicted octanol–water partition coefficient (Wildman–Crippen LogP) is 1.77. The SMILES string of the molecule is COC(=O)CCNC(=O)CCc1c(C)nn(CC(C)C)c1C. The van der Waals surface area contributed by atoms with Gasteiger partial charge in [0.15, 0.2) is 0 Å². The number of carbonyl (C=O) groups is 2. The Morgan fingerprint density at radius 3 is 2.55 bits per heavy atom. The van der Waals surface area contributed by atoms with Gasteiger partial charge in [0.1, 0.15) is 0 Å². The summed E-state index contributed by atoms with van der Waals surface area (Å²) in [5.41, 5.74) is 3.26. The molecule has 0 spiro atoms. The van der Waals surface area contributed by atoms with Gasteiger partial charge in [-0.05, 0) is 31.7 Å². The highest BCUT2D eigenvalue weighted by atomic mass is 16.5. The lowest BCUT2D eigenvalue weighted by molar-refractivity contribution is -0.140. The summed E-state index contributed by atoms with van der Waals surface area (Å²) < 4.78 is 6.54. The second-order valence-electron chi connectivity index (χ2n) is 5.90. The number of esters is 1. The molecule has 0 aliphatic carbocycles. The van der Waals surface area contributed by atoms with Crippen LogP contribution in [-0.2, 0) is 27.3 Å². The summed E-state index contributed by atoms with van der Waals surface area (Å²) in [5.74, 6) is 0.161. The number of hydrogen-bond donors (Lipinski definition) is 1. The van der Waals surface area contributed by atoms with E-state index in [1.807, 2.05) is 18.5 Å². The maximum Gasteiger partial charge on any atom is 0.307 e. The van der Waals surface area contributed by atoms with Gasteiger partial charge in [0.2, 0.25) is 5.91 Å². The Bertz CT molecular complexity index is 521. The summed E-state index contributed by atoms with van der Waals surface area (Å²) in [5, 5.41) is 7.28. The summed E-state index contributed by atoms with van der Waals surface area (Å²) in [6.07, 6.45) is 1.27. The average molecular weight is 309 g/mol. The maximum absolute atomic E-state index is 11.8. The normalized spacial score (nSPS) is 10.8. The van der Waals surface area contributed by atoms with Crippen molar-refractivity contribution in [3.63, 3.8) is 0 Å². The van der Waals surface area contributed by atoms with E-state index in [1.54, 1.807) is 0 Å². The molecule has 0 aliphatic heterocycles. The molecule has 0 saturated carbocycles. The Hall–Kier alpha value is -1.85. The van der Waals surface area contributed by atoms with E-state index in [1.165, 1.54) is 7.11 Å². The third-order valence-corrected chi connectivity index (χ3v) is 3.55. The molecule has 22 heavy (non-hydrogen) atoms. The quantitative estimate of drug-likeness (QED) is 0.743. The first-order valence-corrected chi connectivity index (χ1v) is 7.71. The van der Waals surface area contributed by atoms with Crippen molar-refractivity contribution in [3.05, 3.63) is 17.0 Å². The Balaban J connectivity index is 2.49. The van der Waals surface area contributed by atoms with E-state index in [4.69, 9.17) is 0 Å². The van der Waals surface area contributed by atoms with E-state index in [-0.39, 0.29) is 18.3 Å². The molecule has 6 heteroatoms. The number of nitrogens with one attached hydrogen (secondary N) is 1. The van der Waals surface area contributed by atoms with Crippen molar-refractivity contribution in [2.75, 3.05) is 13.7 Å². The van der Waals surface area contributed by atoms with Crippen molar-refractivity contribution in [3.8, 4) is 0 Å². The molecule has 124 valence electrons. The minimum atomic E-state index is -0.318. The van der Waals surface area contributed by atoms with Crippen LogP contribution in [0.1, 0.15) is 43.6 Å². The summed E-state index contributed by atoms with van der Waals surface area (Å²) in [6, 6.07) is 0. The number of rotatable bonds is 8. The van der Waals surface area contributed by atoms with Gasteiger partial charge in [0.05, 0.1) is 19.2 Å². The van der Waals surface area contributed by atoms with Gasteiger partial charge in [-0.1, -0.05) is 13.8 Å². The fraction of sp³-hybridized carbons (Fsp3) is 0.688. The highest BCUT2D eigenvalue weighted by Gasteiger charge is 2.13. The van der Waals surface area contributed by atoms with Crippen LogP contribution in [0.2, 0.25) is 0 Å². The van der Waals surface area contributed by atoms with Crippen LogP contribution in [0.25, 0.3) is 0 Å². The first kappa shape index (κ1) is 18.2. The molecule has 0 unspecified atom stereocenters. The number of carbonyl (C=O) groups excluding carboxylic acids is 2. The van der Waals surface area contributed by atoms with E-state index in [2.05, 4.69) is 29.0 Å². The number of ether oxygens (including phenoxy) is 1. The molecule has 1 amide bonds. The lowest BCUT2D eigenvalue weighted by Crippen LogP contribution is -2.26. The second kappa shape index (κ2) is 8.56. The molecule has 0 aliphatic rings. The van der Waals surface area contributed by atoms with Gasteiger partial charge in [0.25, 0.3) is 0 Å². The smallest absolute Gasteiger partial charge is 0.307 e. The summed E-state index contributed by atoms with van der Waals surface area (Å²) in [6.45, 7) is 9.55. The molecule has 6 nitrogen and oxygen atoms in total. The lowest BCUT2D eigenvalue weighted by atomic mass is 10.1. The second-order valence-corrected chi connectivity index (χ2v) is 5.90. The first-order valence-electron chi connectivity index (χ1n) is 7.71. The highest BCUT2D eigenvalue weighted by molar-refractivity contribution is 5.77. The zero-order valence-electron chi connectivity index (χ0n) is 14.2. The standard InChI is InChI=1S/C16H27N3O3/c1-11(2)10-19-13(4)14(12(3)18-19)6-7-15(20)17-9-8-16(21)22-5/h11H,6-10H2,1-5H3,(H,17,20). The summed E-state index contributed by atoms with van der Waals surface area (Å²) >= 11 is 0. The lowest BCUT2D eigenvalue weighted by Gasteiger charge is -2.08. The minimum absolute atomic E-state index is 0.0562. The Labute approximate surface area is 132 Å². The monoisotopic (exact) mass is 309 g/mol. The molecule has 1 heterocycles. The fourth-order valence-electron chi connectivity index (χ4n) is 2.35. The Morgan fingerprint density at radius 2 is 1.95 bits per heavy atom. The largest absolute Gasteiger partial charge is 0.469 e. The summed E-state index contributed by atoms with van der Waals surface area (Å²) in [7, 11) is 1.34. The first-order chi connectivity index (χ1) is 10.3. The molecule has 0 saturated heterocycles. The number of aryl methyl sites for hydroxylation is 1. The van der Waals surface area contributed by atoms with Crippen molar-refractivity contribution in [2.24, 2.45) is 5.92 Å². The van der Waals surface area contributed by atoms with Crippen LogP contribution in [0, 0.1) is 19.8 Å². The number of amides is 1. The molecule has 1 aromatic heterocycles. The molecule has 1 N–H and O–H groups in total. The van der Waals surface area contributed by atoms with Gasteiger partial charge in [-0.25, -0.2) is 0 Å². The van der Waals surface area contributed by atoms with E-state index in [0.717, 1.165) is 23.5 Å². The van der Waals surface area contributed by atoms with Gasteiger partial charge in [-0.3, -0.25) is 14.3 Å². The number of hydrogen-bond acceptors (Lipinski definition) is 4. The molecule has 0 radical (unpaired) electrons. The molecular formula is C16H27N3O3. The van der Waals surface area contributed by atoms with Crippen molar-refractivity contribution in [2.45, 2.75) is 53.5 Å². The van der Waals surface area contributed by atoms with Crippen LogP contribution in [0.5, 0.6) is 0 Å². The van der Waals surface area contributed by atoms with E-state index < -0.39 is 0 Å². The third kappa shape index (κ3) is 5.50. The molecular weight excluding hydrogens is 282 g/mol. The van der Waals surface area contributed by atoms with Gasteiger partial charge in [0, 0.05) is 25.2 Å². The van der Waals surface area contributed by atoms with Gasteiger partial charge in [-0.15, -0.1) is 0 Å². The number of nitrogens with zero attached hydrogens (tertiary/aromatic N) is 2. The van der Waals surface area contributed by atoms with E-state index in [9.17, 15) is 9.59 Å². The minimum Gasteiger partial charge on any atom is -0.469 e. The molecule has 0 atom stereocenters. The van der Waals surface area contributed by atoms with Crippen LogP contribution < -0.4 is 5.32 Å². The van der Waals surface area contributed by atoms with Crippen LogP contribution in [0.15, 0.2) is 0 Å². The maximum atomic E-state index is 11.8. The van der Waals surface area contributed by atoms with Crippen LogP contribution >= 0.6 is 0 Å². The topological polar surface area (TPSA) is 73.2 Å². The van der Waals surface area contributed by atoms with Crippen LogP contribution in [-0.4, -0.2) is 35.3 Å². The zero-order valence-corrected chi connectivity index (χ0v) is 14.2. The predicted molar refractivity (Wildman–Crippen MR) is 84.5 cm³/mol. The molecule has 0 fully saturated rings. The molecule has 0 aromatic carbocycles. The summed E-state index contributed by atoms with van der Waals surface area (Å²) in [4.78, 5) is 22.8. The number of methoxy groups -OCH3 is 1. The average Bonchev–Trinajstić information content (AvgIpc) is 2.70. The van der Waals surface area contributed by atoms with Crippen molar-refractivity contribution >= 4 is 11.9 Å². The highest BCUT2D eigenvalue weighted by Crippen LogP contribution is 2.16.